The van der Waals surface area contributed by atoms with E-state index in [1.165, 1.54) is 46.6 Å². The minimum absolute atomic E-state index is 0.0185. The zero-order chi connectivity index (χ0) is 27.4. The molecule has 0 radical (unpaired) electrons. The van der Waals surface area contributed by atoms with E-state index in [0.29, 0.717) is 34.9 Å². The van der Waals surface area contributed by atoms with Crippen molar-refractivity contribution in [3.63, 3.8) is 0 Å². The molecule has 3 aromatic rings. The second kappa shape index (κ2) is 10.9. The van der Waals surface area contributed by atoms with Gasteiger partial charge in [-0.25, -0.2) is 8.42 Å². The number of benzene rings is 3. The van der Waals surface area contributed by atoms with Crippen LogP contribution >= 0.6 is 0 Å². The number of nitrogens with one attached hydrogen (secondary N) is 1. The van der Waals surface area contributed by atoms with Gasteiger partial charge in [-0.05, 0) is 54.1 Å². The lowest BCUT2D eigenvalue weighted by Gasteiger charge is -2.15. The van der Waals surface area contributed by atoms with E-state index in [2.05, 4.69) is 4.72 Å². The van der Waals surface area contributed by atoms with E-state index >= 15 is 0 Å². The maximum atomic E-state index is 13.0. The van der Waals surface area contributed by atoms with E-state index in [4.69, 9.17) is 18.9 Å². The minimum Gasteiger partial charge on any atom is -0.503 e. The molecule has 12 heteroatoms. The number of hydrogen-bond acceptors (Lipinski definition) is 7. The van der Waals surface area contributed by atoms with Crippen LogP contribution in [-0.4, -0.2) is 42.0 Å². The molecular formula is C25H24F3NO7S. The third-order valence-electron chi connectivity index (χ3n) is 5.26. The normalized spacial score (nSPS) is 11.9. The molecule has 0 heterocycles. The van der Waals surface area contributed by atoms with Gasteiger partial charge < -0.3 is 24.1 Å². The molecule has 0 fully saturated rings. The summed E-state index contributed by atoms with van der Waals surface area (Å²) in [6, 6.07) is 9.22. The number of sulfonamides is 1. The van der Waals surface area contributed by atoms with E-state index in [1.54, 1.807) is 18.2 Å². The maximum absolute atomic E-state index is 13.0. The molecule has 0 unspecified atom stereocenters. The molecule has 0 bridgehead atoms. The van der Waals surface area contributed by atoms with Crippen LogP contribution in [0, 0.1) is 0 Å². The summed E-state index contributed by atoms with van der Waals surface area (Å²) in [6.45, 7) is 0. The number of aromatic hydroxyl groups is 1. The molecule has 0 saturated carbocycles. The largest absolute Gasteiger partial charge is 0.503 e. The Morgan fingerprint density at radius 1 is 0.811 bits per heavy atom. The zero-order valence-electron chi connectivity index (χ0n) is 20.2. The number of anilines is 1. The van der Waals surface area contributed by atoms with Gasteiger partial charge in [-0.15, -0.1) is 0 Å². The molecule has 2 N–H and O–H groups in total. The van der Waals surface area contributed by atoms with E-state index < -0.39 is 32.4 Å². The van der Waals surface area contributed by atoms with Crippen molar-refractivity contribution >= 4 is 27.9 Å². The molecule has 0 spiro atoms. The Morgan fingerprint density at radius 3 is 1.86 bits per heavy atom. The maximum Gasteiger partial charge on any atom is 0.416 e. The van der Waals surface area contributed by atoms with E-state index in [9.17, 15) is 26.7 Å². The number of ether oxygens (including phenoxy) is 4. The second-order valence-electron chi connectivity index (χ2n) is 7.50. The first kappa shape index (κ1) is 27.5. The van der Waals surface area contributed by atoms with Gasteiger partial charge in [-0.1, -0.05) is 12.2 Å². The number of alkyl halides is 3. The van der Waals surface area contributed by atoms with E-state index in [1.807, 2.05) is 0 Å². The Kier molecular flexibility index (Phi) is 8.12. The van der Waals surface area contributed by atoms with Gasteiger partial charge in [0.05, 0.1) is 38.9 Å². The van der Waals surface area contributed by atoms with Crippen molar-refractivity contribution in [3.8, 4) is 28.7 Å². The molecule has 0 aliphatic rings. The monoisotopic (exact) mass is 539 g/mol. The highest BCUT2D eigenvalue weighted by atomic mass is 32.2. The highest BCUT2D eigenvalue weighted by Gasteiger charge is 2.31. The van der Waals surface area contributed by atoms with Gasteiger partial charge in [0.1, 0.15) is 5.69 Å². The summed E-state index contributed by atoms with van der Waals surface area (Å²) < 4.78 is 87.8. The Labute approximate surface area is 211 Å². The number of halogens is 3. The van der Waals surface area contributed by atoms with Crippen LogP contribution in [0.15, 0.2) is 53.4 Å². The van der Waals surface area contributed by atoms with Crippen molar-refractivity contribution in [3.05, 3.63) is 65.2 Å². The predicted octanol–water partition coefficient (Wildman–Crippen LogP) is 5.42. The summed E-state index contributed by atoms with van der Waals surface area (Å²) in [5.74, 6) is 0.638. The summed E-state index contributed by atoms with van der Waals surface area (Å²) >= 11 is 0. The topological polar surface area (TPSA) is 103 Å². The molecule has 8 nitrogen and oxygen atoms in total. The molecule has 0 amide bonds. The lowest BCUT2D eigenvalue weighted by atomic mass is 10.1. The van der Waals surface area contributed by atoms with Crippen LogP contribution in [0.25, 0.3) is 12.2 Å². The van der Waals surface area contributed by atoms with Gasteiger partial charge in [0.2, 0.25) is 5.75 Å². The van der Waals surface area contributed by atoms with Crippen LogP contribution in [0.3, 0.4) is 0 Å². The predicted molar refractivity (Wildman–Crippen MR) is 132 cm³/mol. The first-order chi connectivity index (χ1) is 17.4. The average Bonchev–Trinajstić information content (AvgIpc) is 2.87. The first-order valence-electron chi connectivity index (χ1n) is 10.5. The molecule has 37 heavy (non-hydrogen) atoms. The molecule has 0 aromatic heterocycles. The number of phenolic OH excluding ortho intramolecular Hbond substituents is 1. The Morgan fingerprint density at radius 2 is 1.38 bits per heavy atom. The smallest absolute Gasteiger partial charge is 0.416 e. The average molecular weight is 540 g/mol. The Balaban J connectivity index is 2.03. The third-order valence-corrected chi connectivity index (χ3v) is 6.63. The van der Waals surface area contributed by atoms with Crippen molar-refractivity contribution in [1.82, 2.24) is 0 Å². The fourth-order valence-electron chi connectivity index (χ4n) is 3.40. The molecule has 0 aliphatic heterocycles. The number of hydrogen-bond donors (Lipinski definition) is 2. The fourth-order valence-corrected chi connectivity index (χ4v) is 4.49. The Bertz CT molecular complexity index is 1380. The van der Waals surface area contributed by atoms with Crippen molar-refractivity contribution in [2.24, 2.45) is 0 Å². The van der Waals surface area contributed by atoms with Crippen LogP contribution in [0.1, 0.15) is 16.7 Å². The highest BCUT2D eigenvalue weighted by Crippen LogP contribution is 2.41. The van der Waals surface area contributed by atoms with Crippen LogP contribution in [0.2, 0.25) is 0 Å². The lowest BCUT2D eigenvalue weighted by molar-refractivity contribution is -0.137. The number of phenols is 1. The first-order valence-corrected chi connectivity index (χ1v) is 12.0. The van der Waals surface area contributed by atoms with Crippen molar-refractivity contribution < 1.29 is 45.6 Å². The lowest BCUT2D eigenvalue weighted by Crippen LogP contribution is -2.15. The van der Waals surface area contributed by atoms with Gasteiger partial charge in [0.15, 0.2) is 23.0 Å². The van der Waals surface area contributed by atoms with E-state index in [0.717, 1.165) is 12.1 Å². The zero-order valence-corrected chi connectivity index (χ0v) is 21.0. The standard InChI is InChI=1S/C25H24F3NO7S/c1-33-19-12-7-16(6-5-15-13-20(34-2)24(36-4)21(14-15)35-3)22(23(19)30)29-37(31,32)18-10-8-17(9-11-18)25(26,27)28/h5-14,29-30H,1-4H3. The molecule has 0 atom stereocenters. The van der Waals surface area contributed by atoms with Crippen LogP contribution < -0.4 is 23.7 Å². The minimum atomic E-state index is -4.62. The summed E-state index contributed by atoms with van der Waals surface area (Å²) in [5.41, 5.74) is -0.392. The van der Waals surface area contributed by atoms with Crippen molar-refractivity contribution in [1.29, 1.82) is 0 Å². The van der Waals surface area contributed by atoms with Crippen molar-refractivity contribution in [2.75, 3.05) is 33.2 Å². The molecule has 3 rings (SSSR count). The highest BCUT2D eigenvalue weighted by molar-refractivity contribution is 7.92. The number of rotatable bonds is 9. The van der Waals surface area contributed by atoms with Crippen LogP contribution in [-0.2, 0) is 16.2 Å². The van der Waals surface area contributed by atoms with Crippen LogP contribution in [0.5, 0.6) is 28.7 Å². The molecule has 198 valence electrons. The fraction of sp³-hybridized carbons (Fsp3) is 0.200. The van der Waals surface area contributed by atoms with Gasteiger partial charge in [0, 0.05) is 5.56 Å². The number of methoxy groups -OCH3 is 4. The summed E-state index contributed by atoms with van der Waals surface area (Å²) in [5, 5.41) is 10.7. The summed E-state index contributed by atoms with van der Waals surface area (Å²) in [7, 11) is 1.29. The SMILES string of the molecule is COc1ccc(C=Cc2cc(OC)c(OC)c(OC)c2)c(NS(=O)(=O)c2ccc(C(F)(F)F)cc2)c1O. The second-order valence-corrected chi connectivity index (χ2v) is 9.18. The Hall–Kier alpha value is -4.06. The quantitative estimate of drug-likeness (QED) is 0.277. The van der Waals surface area contributed by atoms with Crippen molar-refractivity contribution in [2.45, 2.75) is 11.1 Å². The van der Waals surface area contributed by atoms with Gasteiger partial charge in [-0.2, -0.15) is 13.2 Å². The summed E-state index contributed by atoms with van der Waals surface area (Å²) in [6.07, 6.45) is -1.49. The van der Waals surface area contributed by atoms with Gasteiger partial charge in [0.25, 0.3) is 10.0 Å². The van der Waals surface area contributed by atoms with Crippen LogP contribution in [0.4, 0.5) is 18.9 Å². The van der Waals surface area contributed by atoms with Gasteiger partial charge >= 0.3 is 6.18 Å². The summed E-state index contributed by atoms with van der Waals surface area (Å²) in [4.78, 5) is -0.428. The molecule has 0 saturated heterocycles. The van der Waals surface area contributed by atoms with E-state index in [-0.39, 0.29) is 17.0 Å². The molecule has 3 aromatic carbocycles. The third kappa shape index (κ3) is 6.02. The van der Waals surface area contributed by atoms with Gasteiger partial charge in [-0.3, -0.25) is 4.72 Å². The molecular weight excluding hydrogens is 515 g/mol. The molecule has 0 aliphatic carbocycles.